The molecule has 0 aliphatic carbocycles. The van der Waals surface area contributed by atoms with Crippen molar-refractivity contribution in [3.8, 4) is 5.75 Å². The molecular weight excluding hydrogens is 356 g/mol. The van der Waals surface area contributed by atoms with Gasteiger partial charge in [0.1, 0.15) is 12.4 Å². The minimum atomic E-state index is -1.01. The van der Waals surface area contributed by atoms with Crippen LogP contribution in [-0.4, -0.2) is 11.1 Å². The first kappa shape index (κ1) is 15.6. The Morgan fingerprint density at radius 3 is 2.71 bits per heavy atom. The van der Waals surface area contributed by atoms with Crippen LogP contribution in [0, 0.1) is 0 Å². The summed E-state index contributed by atoms with van der Waals surface area (Å²) in [6.07, 6.45) is 2.57. The number of halogens is 2. The molecule has 0 spiro atoms. The normalized spacial score (nSPS) is 10.8. The maximum Gasteiger partial charge on any atom is 0.328 e. The summed E-state index contributed by atoms with van der Waals surface area (Å²) in [4.78, 5) is 10.6. The van der Waals surface area contributed by atoms with E-state index < -0.39 is 5.97 Å². The van der Waals surface area contributed by atoms with Gasteiger partial charge in [-0.3, -0.25) is 0 Å². The lowest BCUT2D eigenvalue weighted by molar-refractivity contribution is -0.131. The molecule has 108 valence electrons. The maximum absolute atomic E-state index is 10.6. The molecule has 5 heteroatoms. The Bertz CT molecular complexity index is 683. The lowest BCUT2D eigenvalue weighted by Crippen LogP contribution is -1.98. The first-order valence-corrected chi connectivity index (χ1v) is 7.31. The fraction of sp³-hybridized carbons (Fsp3) is 0.0625. The molecule has 2 aromatic carbocycles. The van der Waals surface area contributed by atoms with Crippen molar-refractivity contribution in [3.63, 3.8) is 0 Å². The molecule has 0 aromatic heterocycles. The van der Waals surface area contributed by atoms with Crippen molar-refractivity contribution >= 4 is 39.6 Å². The summed E-state index contributed by atoms with van der Waals surface area (Å²) in [6.45, 7) is 0.302. The smallest absolute Gasteiger partial charge is 0.328 e. The number of carboxylic acids is 1. The predicted molar refractivity (Wildman–Crippen MR) is 86.6 cm³/mol. The topological polar surface area (TPSA) is 46.5 Å². The number of ether oxygens (including phenoxy) is 1. The molecule has 3 nitrogen and oxygen atoms in total. The predicted octanol–water partition coefficient (Wildman–Crippen LogP) is 4.78. The molecule has 0 saturated carbocycles. The van der Waals surface area contributed by atoms with Gasteiger partial charge >= 0.3 is 5.97 Å². The molecule has 0 aliphatic rings. The van der Waals surface area contributed by atoms with Gasteiger partial charge in [-0.25, -0.2) is 4.79 Å². The Kier molecular flexibility index (Phi) is 5.42. The highest BCUT2D eigenvalue weighted by atomic mass is 79.9. The lowest BCUT2D eigenvalue weighted by Gasteiger charge is -2.12. The van der Waals surface area contributed by atoms with E-state index in [0.29, 0.717) is 22.9 Å². The van der Waals surface area contributed by atoms with Crippen molar-refractivity contribution in [1.29, 1.82) is 0 Å². The summed E-state index contributed by atoms with van der Waals surface area (Å²) in [7, 11) is 0. The van der Waals surface area contributed by atoms with E-state index in [1.165, 1.54) is 6.08 Å². The third kappa shape index (κ3) is 4.34. The Hall–Kier alpha value is -1.78. The van der Waals surface area contributed by atoms with Crippen molar-refractivity contribution < 1.29 is 14.6 Å². The van der Waals surface area contributed by atoms with E-state index in [1.807, 2.05) is 30.3 Å². The summed E-state index contributed by atoms with van der Waals surface area (Å²) >= 11 is 9.50. The number of hydrogen-bond donors (Lipinski definition) is 1. The number of hydrogen-bond acceptors (Lipinski definition) is 2. The zero-order valence-corrected chi connectivity index (χ0v) is 13.3. The first-order chi connectivity index (χ1) is 10.1. The van der Waals surface area contributed by atoms with E-state index in [2.05, 4.69) is 15.9 Å². The zero-order valence-electron chi connectivity index (χ0n) is 10.9. The van der Waals surface area contributed by atoms with E-state index in [1.54, 1.807) is 12.1 Å². The van der Waals surface area contributed by atoms with Crippen LogP contribution in [0.1, 0.15) is 11.1 Å². The average molecular weight is 368 g/mol. The first-order valence-electron chi connectivity index (χ1n) is 6.13. The highest BCUT2D eigenvalue weighted by molar-refractivity contribution is 9.10. The Labute approximate surface area is 135 Å². The van der Waals surface area contributed by atoms with Crippen LogP contribution in [0.4, 0.5) is 0 Å². The van der Waals surface area contributed by atoms with Crippen molar-refractivity contribution in [3.05, 3.63) is 69.2 Å². The van der Waals surface area contributed by atoms with E-state index in [4.69, 9.17) is 21.4 Å². The van der Waals surface area contributed by atoms with Gasteiger partial charge < -0.3 is 9.84 Å². The minimum absolute atomic E-state index is 0.302. The molecule has 0 heterocycles. The molecule has 2 aromatic rings. The fourth-order valence-corrected chi connectivity index (χ4v) is 2.42. The van der Waals surface area contributed by atoms with Gasteiger partial charge in [-0.15, -0.1) is 0 Å². The van der Waals surface area contributed by atoms with Crippen LogP contribution in [0.3, 0.4) is 0 Å². The number of carbonyl (C=O) groups is 1. The fourth-order valence-electron chi connectivity index (χ4n) is 1.74. The van der Waals surface area contributed by atoms with E-state index in [9.17, 15) is 4.79 Å². The highest BCUT2D eigenvalue weighted by Gasteiger charge is 2.08. The largest absolute Gasteiger partial charge is 0.487 e. The molecule has 0 saturated heterocycles. The quantitative estimate of drug-likeness (QED) is 0.774. The van der Waals surface area contributed by atoms with Gasteiger partial charge in [0.2, 0.25) is 0 Å². The second kappa shape index (κ2) is 7.29. The Balaban J connectivity index is 2.23. The van der Waals surface area contributed by atoms with E-state index >= 15 is 0 Å². The summed E-state index contributed by atoms with van der Waals surface area (Å²) in [5.74, 6) is -0.429. The molecule has 0 bridgehead atoms. The monoisotopic (exact) mass is 366 g/mol. The third-order valence-corrected chi connectivity index (χ3v) is 3.73. The van der Waals surface area contributed by atoms with Gasteiger partial charge in [-0.05, 0) is 34.1 Å². The van der Waals surface area contributed by atoms with Gasteiger partial charge in [-0.1, -0.05) is 41.9 Å². The van der Waals surface area contributed by atoms with Crippen LogP contribution < -0.4 is 4.74 Å². The molecule has 1 N–H and O–H groups in total. The molecule has 0 fully saturated rings. The second-order valence-electron chi connectivity index (χ2n) is 4.21. The Morgan fingerprint density at radius 1 is 1.24 bits per heavy atom. The highest BCUT2D eigenvalue weighted by Crippen LogP contribution is 2.31. The molecule has 21 heavy (non-hydrogen) atoms. The summed E-state index contributed by atoms with van der Waals surface area (Å²) < 4.78 is 6.54. The SMILES string of the molecule is O=C(O)C=Cc1cccc(Br)c1OCc1ccccc1Cl. The van der Waals surface area contributed by atoms with Gasteiger partial charge in [0.05, 0.1) is 4.47 Å². The van der Waals surface area contributed by atoms with Crippen LogP contribution in [0.25, 0.3) is 6.08 Å². The van der Waals surface area contributed by atoms with Crippen LogP contribution >= 0.6 is 27.5 Å². The average Bonchev–Trinajstić information content (AvgIpc) is 2.45. The maximum atomic E-state index is 10.6. The Morgan fingerprint density at radius 2 is 2.00 bits per heavy atom. The molecule has 0 atom stereocenters. The van der Waals surface area contributed by atoms with Crippen LogP contribution in [-0.2, 0) is 11.4 Å². The van der Waals surface area contributed by atoms with E-state index in [-0.39, 0.29) is 0 Å². The molecule has 0 unspecified atom stereocenters. The van der Waals surface area contributed by atoms with Crippen molar-refractivity contribution in [2.45, 2.75) is 6.61 Å². The summed E-state index contributed by atoms with van der Waals surface area (Å²) in [6, 6.07) is 12.8. The van der Waals surface area contributed by atoms with Gasteiger partial charge in [0.15, 0.2) is 0 Å². The molecular formula is C16H12BrClO3. The summed E-state index contributed by atoms with van der Waals surface area (Å²) in [5.41, 5.74) is 1.54. The van der Waals surface area contributed by atoms with Crippen LogP contribution in [0.5, 0.6) is 5.75 Å². The van der Waals surface area contributed by atoms with Crippen molar-refractivity contribution in [2.75, 3.05) is 0 Å². The van der Waals surface area contributed by atoms with Crippen molar-refractivity contribution in [1.82, 2.24) is 0 Å². The number of para-hydroxylation sites is 1. The van der Waals surface area contributed by atoms with Crippen LogP contribution in [0.15, 0.2) is 53.0 Å². The molecule has 0 amide bonds. The van der Waals surface area contributed by atoms with Gasteiger partial charge in [-0.2, -0.15) is 0 Å². The number of benzene rings is 2. The summed E-state index contributed by atoms with van der Waals surface area (Å²) in [5, 5.41) is 9.35. The standard InChI is InChI=1S/C16H12BrClO3/c17-13-6-3-5-11(8-9-15(19)20)16(13)21-10-12-4-1-2-7-14(12)18/h1-9H,10H2,(H,19,20). The van der Waals surface area contributed by atoms with Gasteiger partial charge in [0, 0.05) is 22.2 Å². The second-order valence-corrected chi connectivity index (χ2v) is 5.47. The molecule has 0 aliphatic heterocycles. The molecule has 0 radical (unpaired) electrons. The lowest BCUT2D eigenvalue weighted by atomic mass is 10.2. The van der Waals surface area contributed by atoms with Crippen LogP contribution in [0.2, 0.25) is 5.02 Å². The number of aliphatic carboxylic acids is 1. The minimum Gasteiger partial charge on any atom is -0.487 e. The zero-order chi connectivity index (χ0) is 15.2. The molecule has 2 rings (SSSR count). The van der Waals surface area contributed by atoms with Crippen molar-refractivity contribution in [2.24, 2.45) is 0 Å². The number of rotatable bonds is 5. The number of carboxylic acid groups (broad SMARTS) is 1. The van der Waals surface area contributed by atoms with E-state index in [0.717, 1.165) is 16.1 Å². The third-order valence-electron chi connectivity index (χ3n) is 2.73. The van der Waals surface area contributed by atoms with Gasteiger partial charge in [0.25, 0.3) is 0 Å².